The number of esters is 1. The Kier molecular flexibility index (Phi) is 27.4. The van der Waals surface area contributed by atoms with E-state index in [2.05, 4.69) is 43.0 Å². The first-order valence-corrected chi connectivity index (χ1v) is 36.3. The van der Waals surface area contributed by atoms with Gasteiger partial charge in [-0.05, 0) is 97.9 Å². The highest BCUT2D eigenvalue weighted by Gasteiger charge is 2.70. The molecular weight excluding hydrogens is 1490 g/mol. The Morgan fingerprint density at radius 2 is 0.784 bits per heavy atom. The first kappa shape index (κ1) is 83.0. The summed E-state index contributed by atoms with van der Waals surface area (Å²) in [6.07, 6.45) is -61.9. The van der Waals surface area contributed by atoms with Crippen LogP contribution in [0.3, 0.4) is 0 Å². The number of aliphatic hydroxyl groups is 22. The summed E-state index contributed by atoms with van der Waals surface area (Å²) in [5.41, 5.74) is -3.42. The van der Waals surface area contributed by atoms with Crippen molar-refractivity contribution in [2.24, 2.45) is 28.1 Å². The van der Waals surface area contributed by atoms with Crippen molar-refractivity contribution < 1.29 is 183 Å². The Morgan fingerprint density at radius 3 is 1.21 bits per heavy atom. The lowest BCUT2D eigenvalue weighted by Crippen LogP contribution is -2.68. The number of aliphatic hydroxyl groups excluding tert-OH is 22. The molecule has 38 heteroatoms. The van der Waals surface area contributed by atoms with E-state index in [-0.39, 0.29) is 25.2 Å². The highest BCUT2D eigenvalue weighted by Crippen LogP contribution is 2.74. The molecule has 0 aromatic rings. The molecule has 35 unspecified atom stereocenters. The second-order valence-electron chi connectivity index (χ2n) is 29.5. The Hall–Kier alpha value is -1.46. The van der Waals surface area contributed by atoms with Crippen molar-refractivity contribution >= 4 is 28.6 Å². The lowest BCUT2D eigenvalue weighted by molar-refractivity contribution is -0.400. The van der Waals surface area contributed by atoms with Gasteiger partial charge in [-0.15, -0.1) is 0 Å². The Bertz CT molecular complexity index is 2730. The molecule has 2 bridgehead atoms. The van der Waals surface area contributed by atoms with Crippen molar-refractivity contribution in [1.29, 1.82) is 0 Å². The van der Waals surface area contributed by atoms with E-state index < -0.39 is 288 Å². The third-order valence-corrected chi connectivity index (χ3v) is 23.4. The largest absolute Gasteiger partial charge is 0.432 e. The van der Waals surface area contributed by atoms with E-state index >= 15 is 4.79 Å². The summed E-state index contributed by atoms with van der Waals surface area (Å²) >= 11 is 2.29. The molecule has 590 valence electrons. The van der Waals surface area contributed by atoms with E-state index in [4.69, 9.17) is 66.3 Å². The van der Waals surface area contributed by atoms with Gasteiger partial charge in [0.2, 0.25) is 6.29 Å². The summed E-state index contributed by atoms with van der Waals surface area (Å²) in [5, 5.41) is 239. The quantitative estimate of drug-likeness (QED) is 0.0177. The molecular formula is C64H105IO37. The van der Waals surface area contributed by atoms with Gasteiger partial charge in [0.05, 0.1) is 56.8 Å². The monoisotopic (exact) mass is 1590 g/mol. The predicted octanol–water partition coefficient (Wildman–Crippen LogP) is -9.17. The van der Waals surface area contributed by atoms with E-state index in [1.165, 1.54) is 11.4 Å². The summed E-state index contributed by atoms with van der Waals surface area (Å²) < 4.78 is 86.5. The zero-order chi connectivity index (χ0) is 74.7. The van der Waals surface area contributed by atoms with Gasteiger partial charge in [0, 0.05) is 0 Å². The molecule has 37 nitrogen and oxygen atoms in total. The van der Waals surface area contributed by atoms with Gasteiger partial charge in [0.15, 0.2) is 43.8 Å². The van der Waals surface area contributed by atoms with Crippen LogP contribution in [0.2, 0.25) is 0 Å². The molecule has 0 aromatic heterocycles. The maximum atomic E-state index is 15.7. The van der Waals surface area contributed by atoms with Crippen molar-refractivity contribution in [2.75, 3.05) is 44.1 Å². The van der Waals surface area contributed by atoms with Crippen molar-refractivity contribution in [3.05, 3.63) is 12.2 Å². The van der Waals surface area contributed by atoms with Crippen LogP contribution in [0.25, 0.3) is 0 Å². The molecule has 41 atom stereocenters. The van der Waals surface area contributed by atoms with Gasteiger partial charge in [-0.1, -0.05) is 49.4 Å². The number of carbonyl (C=O) groups is 1. The van der Waals surface area contributed by atoms with E-state index in [9.17, 15) is 112 Å². The molecule has 102 heavy (non-hydrogen) atoms. The second-order valence-corrected chi connectivity index (χ2v) is 31.0. The van der Waals surface area contributed by atoms with Crippen LogP contribution in [-0.2, 0) is 71.1 Å². The van der Waals surface area contributed by atoms with E-state index in [0.29, 0.717) is 44.1 Å². The van der Waals surface area contributed by atoms with Crippen molar-refractivity contribution in [1.82, 2.24) is 0 Å². The van der Waals surface area contributed by atoms with Crippen LogP contribution in [0.15, 0.2) is 12.2 Å². The fourth-order valence-electron chi connectivity index (χ4n) is 17.9. The van der Waals surface area contributed by atoms with Crippen molar-refractivity contribution in [3.8, 4) is 0 Å². The zero-order valence-electron chi connectivity index (χ0n) is 56.7. The molecule has 7 heterocycles. The fourth-order valence-corrected chi connectivity index (χ4v) is 17.9. The number of halogens is 1. The Balaban J connectivity index is 0.00000367. The summed E-state index contributed by atoms with van der Waals surface area (Å²) in [4.78, 5) is 15.7. The molecule has 11 aliphatic rings. The molecule has 4 saturated carbocycles. The average molecular weight is 1590 g/mol. The smallest absolute Gasteiger partial charge is 0.314 e. The molecule has 0 aromatic carbocycles. The number of carbonyl (C=O) groups excluding carboxylic acids is 1. The van der Waals surface area contributed by atoms with Gasteiger partial charge in [0.25, 0.3) is 0 Å². The van der Waals surface area contributed by atoms with Gasteiger partial charge < -0.3 is 179 Å². The minimum absolute atomic E-state index is 0.192. The summed E-state index contributed by atoms with van der Waals surface area (Å²) in [7, 11) is 0. The highest BCUT2D eigenvalue weighted by atomic mass is 127. The van der Waals surface area contributed by atoms with Crippen LogP contribution < -0.4 is 0 Å². The van der Waals surface area contributed by atoms with E-state index in [1.807, 2.05) is 0 Å². The normalized spacial score (nSPS) is 53.4. The molecule has 7 aliphatic heterocycles. The summed E-state index contributed by atoms with van der Waals surface area (Å²) in [5.74, 6) is -1.55. The predicted molar refractivity (Wildman–Crippen MR) is 340 cm³/mol. The van der Waals surface area contributed by atoms with Gasteiger partial charge >= 0.3 is 5.97 Å². The van der Waals surface area contributed by atoms with Gasteiger partial charge in [-0.2, -0.15) is 0 Å². The first-order chi connectivity index (χ1) is 48.2. The van der Waals surface area contributed by atoms with Crippen molar-refractivity contribution in [2.45, 2.75) is 306 Å². The van der Waals surface area contributed by atoms with E-state index in [0.717, 1.165) is 0 Å². The number of hydrogen-bond donors (Lipinski definition) is 22. The van der Waals surface area contributed by atoms with Gasteiger partial charge in [0.1, 0.15) is 159 Å². The molecule has 22 N–H and O–H groups in total. The van der Waals surface area contributed by atoms with Crippen molar-refractivity contribution in [3.63, 3.8) is 0 Å². The number of rotatable bonds is 20. The standard InChI is InChI=1S/C62H100O37.C2H5I/c1-20-12-61-10-6-28-59(3,29(61)7-11-62(20,19-61)99-57-50(97-54-44(83)40(79)34(73)25(16-66)90-54)48(36(75)27(18-68)92-57)95-53-43(82)39(78)33(72)24(15-65)89-53)8-5-9-60(28,4)58(85)98-56-49(47(35(74)26(17-67)91-56)94-52-42(81)38(77)32(71)23(14-64)88-52)96-55-45(84)46(30(69)21(2)86-55)93-51-41(80)37(76)31(70)22(13-63)87-51;1-2-3/h21-57,63-84H,1,5-19H2,2-4H3;2H2,1H3/t21?,22?,23?,24?,25?,26?,27?,28-,29-,30?,31?,32?,33?,34?,35?,36?,37?,38?,39?,40?,41?,42?,43?,44?,45?,46?,47?,48?,49?,50?,51?,52?,53?,54?,55?,56?,57?,59+,60+,61+,62-;/m0./s1. The number of alkyl halides is 1. The molecule has 11 fully saturated rings. The third-order valence-electron chi connectivity index (χ3n) is 23.4. The summed E-state index contributed by atoms with van der Waals surface area (Å²) in [6.45, 7) is 6.36. The van der Waals surface area contributed by atoms with Gasteiger partial charge in [-0.3, -0.25) is 4.79 Å². The summed E-state index contributed by atoms with van der Waals surface area (Å²) in [6, 6.07) is 0. The number of ether oxygens (including phenoxy) is 14. The number of fused-ring (bicyclic) bond motifs is 3. The van der Waals surface area contributed by atoms with Crippen LogP contribution in [-0.4, -0.2) is 383 Å². The lowest BCUT2D eigenvalue weighted by Gasteiger charge is -2.64. The van der Waals surface area contributed by atoms with Crippen LogP contribution in [0.4, 0.5) is 0 Å². The molecule has 1 spiro atoms. The Morgan fingerprint density at radius 1 is 0.431 bits per heavy atom. The first-order valence-electron chi connectivity index (χ1n) is 34.8. The van der Waals surface area contributed by atoms with Gasteiger partial charge in [-0.25, -0.2) is 0 Å². The Labute approximate surface area is 599 Å². The molecule has 4 aliphatic carbocycles. The fraction of sp³-hybridized carbons (Fsp3) is 0.953. The van der Waals surface area contributed by atoms with Crippen LogP contribution in [0.1, 0.15) is 85.5 Å². The average Bonchev–Trinajstić information content (AvgIpc) is 1.44. The van der Waals surface area contributed by atoms with Crippen LogP contribution >= 0.6 is 22.6 Å². The maximum Gasteiger partial charge on any atom is 0.314 e. The van der Waals surface area contributed by atoms with Crippen LogP contribution in [0.5, 0.6) is 0 Å². The topological polar surface area (TPSA) is 591 Å². The molecule has 11 rings (SSSR count). The zero-order valence-corrected chi connectivity index (χ0v) is 58.9. The maximum absolute atomic E-state index is 15.7. The molecule has 0 amide bonds. The minimum atomic E-state index is -2.15. The second kappa shape index (κ2) is 33.6. The SMILES string of the molecule is C=C1C[C@@]23CC[C@H]4[C@@](C)(CCC[C@@]4(C)C(=O)OC4OC(CO)C(O)C(OC5OC(CO)C(O)C(O)C5O)C4OC4OC(C)C(O)C(OC5OC(CO)C(O)C(O)C5O)C4O)[C@@H]2CC[C@]1(OC1OC(CO)C(O)C(OC2OC(CO)C(O)C(O)C2O)C1OC1OC(CO)C(O)C(O)C1O)C3.CCI. The molecule has 0 radical (unpaired) electrons. The van der Waals surface area contributed by atoms with Crippen LogP contribution in [0, 0.1) is 28.1 Å². The lowest BCUT2D eigenvalue weighted by atomic mass is 9.41. The third kappa shape index (κ3) is 15.4. The van der Waals surface area contributed by atoms with E-state index in [1.54, 1.807) is 6.92 Å². The minimum Gasteiger partial charge on any atom is -0.432 e. The highest BCUT2D eigenvalue weighted by molar-refractivity contribution is 14.1. The number of hydrogen-bond acceptors (Lipinski definition) is 37. The molecule has 7 saturated heterocycles.